The number of nitrogens with zero attached hydrogens (tertiary/aromatic N) is 6. The predicted octanol–water partition coefficient (Wildman–Crippen LogP) is -1.40. The lowest BCUT2D eigenvalue weighted by Gasteiger charge is -2.24. The van der Waals surface area contributed by atoms with Gasteiger partial charge in [0, 0.05) is 18.5 Å². The molecule has 4 heterocycles. The van der Waals surface area contributed by atoms with Crippen molar-refractivity contribution in [3.8, 4) is 0 Å². The molecule has 120 valence electrons. The van der Waals surface area contributed by atoms with E-state index in [1.165, 1.54) is 0 Å². The summed E-state index contributed by atoms with van der Waals surface area (Å²) in [6.07, 6.45) is 3.25. The van der Waals surface area contributed by atoms with E-state index in [-0.39, 0.29) is 6.17 Å². The molecule has 0 bridgehead atoms. The minimum Gasteiger partial charge on any atom is -0.382 e. The normalized spacial score (nSPS) is 22.5. The molecule has 0 amide bonds. The zero-order valence-electron chi connectivity index (χ0n) is 12.7. The molecule has 0 radical (unpaired) electrons. The Morgan fingerprint density at radius 3 is 3.09 bits per heavy atom. The number of rotatable bonds is 3. The van der Waals surface area contributed by atoms with E-state index < -0.39 is 0 Å². The van der Waals surface area contributed by atoms with E-state index in [1.54, 1.807) is 15.9 Å². The highest BCUT2D eigenvalue weighted by Gasteiger charge is 2.36. The molecule has 1 unspecified atom stereocenters. The Bertz CT molecular complexity index is 768. The van der Waals surface area contributed by atoms with Crippen molar-refractivity contribution in [3.63, 3.8) is 0 Å². The van der Waals surface area contributed by atoms with Gasteiger partial charge in [0.15, 0.2) is 17.8 Å². The van der Waals surface area contributed by atoms with Crippen molar-refractivity contribution in [1.82, 2.24) is 25.5 Å². The summed E-state index contributed by atoms with van der Waals surface area (Å²) in [5.74, 6) is 1.70. The molecule has 0 saturated carbocycles. The summed E-state index contributed by atoms with van der Waals surface area (Å²) in [7, 11) is 0. The number of allylic oxidation sites excluding steroid dienone is 1. The Kier molecular flexibility index (Phi) is 3.13. The van der Waals surface area contributed by atoms with Crippen LogP contribution >= 0.6 is 0 Å². The number of guanidine groups is 1. The summed E-state index contributed by atoms with van der Waals surface area (Å²) < 4.78 is 1.74. The molecular weight excluding hydrogens is 296 g/mol. The number of hydrogen-bond donors (Lipinski definition) is 4. The third-order valence-corrected chi connectivity index (χ3v) is 3.89. The first-order chi connectivity index (χ1) is 11.2. The summed E-state index contributed by atoms with van der Waals surface area (Å²) in [6, 6.07) is 0. The van der Waals surface area contributed by atoms with Crippen LogP contribution in [0.25, 0.3) is 0 Å². The van der Waals surface area contributed by atoms with Gasteiger partial charge in [-0.05, 0) is 6.92 Å². The fourth-order valence-electron chi connectivity index (χ4n) is 2.78. The van der Waals surface area contributed by atoms with E-state index in [0.717, 1.165) is 23.5 Å². The van der Waals surface area contributed by atoms with Crippen molar-refractivity contribution in [2.24, 2.45) is 26.4 Å². The zero-order chi connectivity index (χ0) is 16.0. The lowest BCUT2D eigenvalue weighted by atomic mass is 10.2. The lowest BCUT2D eigenvalue weighted by molar-refractivity contribution is 0.429. The molecule has 6 N–H and O–H groups in total. The highest BCUT2D eigenvalue weighted by molar-refractivity contribution is 6.14. The molecule has 0 fully saturated rings. The fraction of sp³-hybridized carbons (Fsp3) is 0.385. The molecule has 0 aromatic carbocycles. The SMILES string of the molecule is CC1=C(C2N=C3c4cnn(CCN)c4N=C(N)N3N2)N=CCN1. The highest BCUT2D eigenvalue weighted by atomic mass is 15.6. The average molecular weight is 314 g/mol. The van der Waals surface area contributed by atoms with Crippen molar-refractivity contribution in [2.75, 3.05) is 13.1 Å². The molecule has 3 aliphatic rings. The Hall–Kier alpha value is -2.72. The van der Waals surface area contributed by atoms with Crippen LogP contribution in [-0.2, 0) is 6.54 Å². The second-order valence-electron chi connectivity index (χ2n) is 5.39. The van der Waals surface area contributed by atoms with Gasteiger partial charge in [-0.3, -0.25) is 4.99 Å². The summed E-state index contributed by atoms with van der Waals surface area (Å²) >= 11 is 0. The van der Waals surface area contributed by atoms with Gasteiger partial charge in [0.25, 0.3) is 0 Å². The van der Waals surface area contributed by atoms with Crippen LogP contribution in [0.5, 0.6) is 0 Å². The molecule has 10 nitrogen and oxygen atoms in total. The van der Waals surface area contributed by atoms with Crippen LogP contribution in [0.2, 0.25) is 0 Å². The number of hydrogen-bond acceptors (Lipinski definition) is 9. The van der Waals surface area contributed by atoms with E-state index in [0.29, 0.717) is 30.7 Å². The average Bonchev–Trinajstić information content (AvgIpc) is 3.13. The van der Waals surface area contributed by atoms with Crippen LogP contribution in [0.15, 0.2) is 32.6 Å². The van der Waals surface area contributed by atoms with E-state index in [1.807, 2.05) is 13.1 Å². The van der Waals surface area contributed by atoms with Gasteiger partial charge in [0.05, 0.1) is 30.5 Å². The van der Waals surface area contributed by atoms with Crippen molar-refractivity contribution < 1.29 is 0 Å². The Morgan fingerprint density at radius 1 is 1.43 bits per heavy atom. The molecule has 0 aliphatic carbocycles. The molecule has 0 spiro atoms. The maximum Gasteiger partial charge on any atom is 0.219 e. The Balaban J connectivity index is 1.75. The van der Waals surface area contributed by atoms with Crippen LogP contribution in [0.3, 0.4) is 0 Å². The second-order valence-corrected chi connectivity index (χ2v) is 5.39. The van der Waals surface area contributed by atoms with Gasteiger partial charge in [-0.15, -0.1) is 0 Å². The van der Waals surface area contributed by atoms with Gasteiger partial charge in [-0.25, -0.2) is 14.7 Å². The van der Waals surface area contributed by atoms with Crippen molar-refractivity contribution >= 4 is 23.8 Å². The molecule has 3 aliphatic heterocycles. The molecule has 1 aromatic heterocycles. The Labute approximate surface area is 132 Å². The minimum absolute atomic E-state index is 0.313. The van der Waals surface area contributed by atoms with Crippen LogP contribution < -0.4 is 22.2 Å². The number of amidine groups is 1. The number of aromatic nitrogens is 2. The van der Waals surface area contributed by atoms with Crippen LogP contribution in [0.1, 0.15) is 12.5 Å². The van der Waals surface area contributed by atoms with Gasteiger partial charge < -0.3 is 16.8 Å². The van der Waals surface area contributed by atoms with Crippen LogP contribution in [0, 0.1) is 0 Å². The van der Waals surface area contributed by atoms with Crippen molar-refractivity contribution in [3.05, 3.63) is 23.2 Å². The number of fused-ring (bicyclic) bond motifs is 3. The first-order valence-electron chi connectivity index (χ1n) is 7.40. The smallest absolute Gasteiger partial charge is 0.219 e. The quantitative estimate of drug-likeness (QED) is 0.542. The van der Waals surface area contributed by atoms with E-state index in [2.05, 4.69) is 25.8 Å². The summed E-state index contributed by atoms with van der Waals surface area (Å²) in [5.41, 5.74) is 17.6. The lowest BCUT2D eigenvalue weighted by Crippen LogP contribution is -2.50. The maximum atomic E-state index is 6.08. The molecule has 4 rings (SSSR count). The summed E-state index contributed by atoms with van der Waals surface area (Å²) in [5, 5.41) is 9.24. The van der Waals surface area contributed by atoms with Gasteiger partial charge in [0.2, 0.25) is 5.96 Å². The number of nitrogens with two attached hydrogens (primary N) is 2. The van der Waals surface area contributed by atoms with Gasteiger partial charge in [-0.1, -0.05) is 0 Å². The monoisotopic (exact) mass is 314 g/mol. The number of hydrazine groups is 1. The fourth-order valence-corrected chi connectivity index (χ4v) is 2.78. The summed E-state index contributed by atoms with van der Waals surface area (Å²) in [6.45, 7) is 3.76. The predicted molar refractivity (Wildman–Crippen MR) is 87.1 cm³/mol. The maximum absolute atomic E-state index is 6.08. The zero-order valence-corrected chi connectivity index (χ0v) is 12.7. The molecule has 23 heavy (non-hydrogen) atoms. The molecule has 0 saturated heterocycles. The number of aliphatic imine (C=N–C) groups is 3. The minimum atomic E-state index is -0.313. The topological polar surface area (TPSA) is 134 Å². The van der Waals surface area contributed by atoms with Gasteiger partial charge in [-0.2, -0.15) is 15.5 Å². The van der Waals surface area contributed by atoms with Crippen molar-refractivity contribution in [1.29, 1.82) is 0 Å². The number of nitrogens with one attached hydrogen (secondary N) is 2. The van der Waals surface area contributed by atoms with Crippen LogP contribution in [-0.4, -0.2) is 52.1 Å². The van der Waals surface area contributed by atoms with Gasteiger partial charge >= 0.3 is 0 Å². The molecule has 10 heteroatoms. The molecule has 1 aromatic rings. The molecular formula is C13H18N10. The van der Waals surface area contributed by atoms with E-state index in [9.17, 15) is 0 Å². The van der Waals surface area contributed by atoms with E-state index in [4.69, 9.17) is 16.5 Å². The van der Waals surface area contributed by atoms with Crippen molar-refractivity contribution in [2.45, 2.75) is 19.6 Å². The van der Waals surface area contributed by atoms with Gasteiger partial charge in [0.1, 0.15) is 0 Å². The Morgan fingerprint density at radius 2 is 2.30 bits per heavy atom. The van der Waals surface area contributed by atoms with E-state index >= 15 is 0 Å². The summed E-state index contributed by atoms with van der Waals surface area (Å²) in [4.78, 5) is 13.6. The standard InChI is InChI=1S/C13H18N10/c1-7-9(17-4-3-16-7)10-19-12-8-6-18-22(5-2-14)11(8)20-13(15)23(12)21-10/h4,6,10,16,21H,2-3,5,14H2,1H3,(H2,15,20). The molecule has 1 atom stereocenters. The second kappa shape index (κ2) is 5.18. The first kappa shape index (κ1) is 13.9. The van der Waals surface area contributed by atoms with Crippen LogP contribution in [0.4, 0.5) is 5.82 Å². The first-order valence-corrected chi connectivity index (χ1v) is 7.40. The largest absolute Gasteiger partial charge is 0.382 e. The third kappa shape index (κ3) is 2.11. The highest BCUT2D eigenvalue weighted by Crippen LogP contribution is 2.29. The third-order valence-electron chi connectivity index (χ3n) is 3.89.